The lowest BCUT2D eigenvalue weighted by Gasteiger charge is -2.12. The zero-order valence-electron chi connectivity index (χ0n) is 14.8. The fraction of sp³-hybridized carbons (Fsp3) is 0.136. The third-order valence-corrected chi connectivity index (χ3v) is 5.68. The molecule has 0 spiro atoms. The zero-order chi connectivity index (χ0) is 18.6. The summed E-state index contributed by atoms with van der Waals surface area (Å²) in [5.74, 6) is 2.03. The van der Waals surface area contributed by atoms with Gasteiger partial charge in [0.15, 0.2) is 11.5 Å². The number of methoxy groups -OCH3 is 1. The van der Waals surface area contributed by atoms with Crippen LogP contribution in [0.15, 0.2) is 77.7 Å². The highest BCUT2D eigenvalue weighted by Crippen LogP contribution is 2.37. The van der Waals surface area contributed by atoms with Gasteiger partial charge in [0.05, 0.1) is 12.4 Å². The number of benzene rings is 3. The summed E-state index contributed by atoms with van der Waals surface area (Å²) < 4.78 is 11.2. The third kappa shape index (κ3) is 3.93. The first-order chi connectivity index (χ1) is 13.2. The van der Waals surface area contributed by atoms with Crippen molar-refractivity contribution in [2.45, 2.75) is 16.6 Å². The van der Waals surface area contributed by atoms with E-state index in [1.165, 1.54) is 10.5 Å². The van der Waals surface area contributed by atoms with Crippen molar-refractivity contribution >= 4 is 23.4 Å². The van der Waals surface area contributed by atoms with Gasteiger partial charge in [0.2, 0.25) is 5.91 Å². The number of carbonyl (C=O) groups excluding carboxylic acids is 1. The SMILES string of the molecule is COc1ccccc1Oc1ccc(NC(=O)C2Cc3ccccc3S2)cc1. The van der Waals surface area contributed by atoms with E-state index in [0.29, 0.717) is 17.2 Å². The van der Waals surface area contributed by atoms with Crippen LogP contribution in [-0.2, 0) is 11.2 Å². The fourth-order valence-corrected chi connectivity index (χ4v) is 4.18. The van der Waals surface area contributed by atoms with Crippen molar-refractivity contribution in [1.29, 1.82) is 0 Å². The normalized spacial score (nSPS) is 15.1. The predicted octanol–water partition coefficient (Wildman–Crippen LogP) is 5.14. The standard InChI is InChI=1S/C22H19NO3S/c1-25-18-7-3-4-8-19(18)26-17-12-10-16(11-13-17)23-22(24)21-14-15-6-2-5-9-20(15)27-21/h2-13,21H,14H2,1H3,(H,23,24). The summed E-state index contributed by atoms with van der Waals surface area (Å²) in [6.07, 6.45) is 0.766. The monoisotopic (exact) mass is 377 g/mol. The van der Waals surface area contributed by atoms with E-state index >= 15 is 0 Å². The number of para-hydroxylation sites is 2. The molecule has 1 N–H and O–H groups in total. The molecule has 0 bridgehead atoms. The molecule has 136 valence electrons. The largest absolute Gasteiger partial charge is 0.493 e. The summed E-state index contributed by atoms with van der Waals surface area (Å²) in [4.78, 5) is 13.8. The minimum absolute atomic E-state index is 0.0228. The van der Waals surface area contributed by atoms with Crippen molar-refractivity contribution < 1.29 is 14.3 Å². The molecule has 4 rings (SSSR count). The van der Waals surface area contributed by atoms with Crippen molar-refractivity contribution in [2.24, 2.45) is 0 Å². The Balaban J connectivity index is 1.39. The van der Waals surface area contributed by atoms with Crippen molar-refractivity contribution in [2.75, 3.05) is 12.4 Å². The van der Waals surface area contributed by atoms with Crippen LogP contribution in [0.4, 0.5) is 5.69 Å². The second-order valence-electron chi connectivity index (χ2n) is 6.18. The number of hydrogen-bond acceptors (Lipinski definition) is 4. The van der Waals surface area contributed by atoms with E-state index in [4.69, 9.17) is 9.47 Å². The van der Waals surface area contributed by atoms with Gasteiger partial charge < -0.3 is 14.8 Å². The van der Waals surface area contributed by atoms with Crippen LogP contribution in [0.25, 0.3) is 0 Å². The molecule has 0 saturated heterocycles. The number of hydrogen-bond donors (Lipinski definition) is 1. The highest BCUT2D eigenvalue weighted by atomic mass is 32.2. The molecule has 1 amide bonds. The van der Waals surface area contributed by atoms with Gasteiger partial charge in [0, 0.05) is 10.6 Å². The van der Waals surface area contributed by atoms with Crippen LogP contribution in [-0.4, -0.2) is 18.3 Å². The Bertz CT molecular complexity index is 931. The van der Waals surface area contributed by atoms with Gasteiger partial charge in [-0.2, -0.15) is 0 Å². The van der Waals surface area contributed by atoms with E-state index in [2.05, 4.69) is 17.4 Å². The fourth-order valence-electron chi connectivity index (χ4n) is 2.99. The molecule has 1 aliphatic heterocycles. The van der Waals surface area contributed by atoms with Crippen LogP contribution >= 0.6 is 11.8 Å². The quantitative estimate of drug-likeness (QED) is 0.669. The molecule has 0 aliphatic carbocycles. The number of ether oxygens (including phenoxy) is 2. The van der Waals surface area contributed by atoms with Gasteiger partial charge in [-0.3, -0.25) is 4.79 Å². The summed E-state index contributed by atoms with van der Waals surface area (Å²) >= 11 is 1.62. The van der Waals surface area contributed by atoms with E-state index < -0.39 is 0 Å². The highest BCUT2D eigenvalue weighted by Gasteiger charge is 2.27. The van der Waals surface area contributed by atoms with E-state index in [1.807, 2.05) is 60.7 Å². The van der Waals surface area contributed by atoms with Gasteiger partial charge in [-0.25, -0.2) is 0 Å². The van der Waals surface area contributed by atoms with Crippen molar-refractivity contribution in [3.05, 3.63) is 78.4 Å². The van der Waals surface area contributed by atoms with Crippen LogP contribution in [0.1, 0.15) is 5.56 Å². The first-order valence-corrected chi connectivity index (χ1v) is 9.57. The van der Waals surface area contributed by atoms with Crippen molar-refractivity contribution in [3.63, 3.8) is 0 Å². The maximum atomic E-state index is 12.6. The summed E-state index contributed by atoms with van der Waals surface area (Å²) in [5, 5.41) is 2.90. The lowest BCUT2D eigenvalue weighted by molar-refractivity contribution is -0.115. The van der Waals surface area contributed by atoms with Crippen LogP contribution in [0.5, 0.6) is 17.2 Å². The van der Waals surface area contributed by atoms with Gasteiger partial charge in [-0.05, 0) is 54.4 Å². The van der Waals surface area contributed by atoms with Crippen molar-refractivity contribution in [1.82, 2.24) is 0 Å². The van der Waals surface area contributed by atoms with Crippen LogP contribution in [0, 0.1) is 0 Å². The molecular formula is C22H19NO3S. The Morgan fingerprint density at radius 3 is 2.41 bits per heavy atom. The second-order valence-corrected chi connectivity index (χ2v) is 7.43. The molecular weight excluding hydrogens is 358 g/mol. The Morgan fingerprint density at radius 1 is 0.963 bits per heavy atom. The van der Waals surface area contributed by atoms with E-state index in [9.17, 15) is 4.79 Å². The molecule has 0 radical (unpaired) electrons. The molecule has 1 heterocycles. The van der Waals surface area contributed by atoms with E-state index in [1.54, 1.807) is 18.9 Å². The summed E-state index contributed by atoms with van der Waals surface area (Å²) in [5.41, 5.74) is 1.99. The summed E-state index contributed by atoms with van der Waals surface area (Å²) in [7, 11) is 1.61. The number of fused-ring (bicyclic) bond motifs is 1. The minimum atomic E-state index is -0.0908. The number of nitrogens with one attached hydrogen (secondary N) is 1. The lowest BCUT2D eigenvalue weighted by Crippen LogP contribution is -2.24. The molecule has 0 aromatic heterocycles. The topological polar surface area (TPSA) is 47.6 Å². The molecule has 0 fully saturated rings. The number of rotatable bonds is 5. The van der Waals surface area contributed by atoms with Crippen LogP contribution < -0.4 is 14.8 Å². The maximum Gasteiger partial charge on any atom is 0.238 e. The molecule has 27 heavy (non-hydrogen) atoms. The molecule has 1 atom stereocenters. The summed E-state index contributed by atoms with van der Waals surface area (Å²) in [6.45, 7) is 0. The number of thioether (sulfide) groups is 1. The first-order valence-electron chi connectivity index (χ1n) is 8.69. The van der Waals surface area contributed by atoms with Gasteiger partial charge in [0.25, 0.3) is 0 Å². The Kier molecular flexibility index (Phi) is 5.03. The Morgan fingerprint density at radius 2 is 1.67 bits per heavy atom. The molecule has 3 aromatic carbocycles. The second kappa shape index (κ2) is 7.76. The van der Waals surface area contributed by atoms with Gasteiger partial charge in [0.1, 0.15) is 5.75 Å². The first kappa shape index (κ1) is 17.5. The number of anilines is 1. The highest BCUT2D eigenvalue weighted by molar-refractivity contribution is 8.01. The molecule has 3 aromatic rings. The van der Waals surface area contributed by atoms with Gasteiger partial charge in [-0.15, -0.1) is 11.8 Å². The smallest absolute Gasteiger partial charge is 0.238 e. The predicted molar refractivity (Wildman–Crippen MR) is 108 cm³/mol. The Hall–Kier alpha value is -2.92. The lowest BCUT2D eigenvalue weighted by atomic mass is 10.1. The molecule has 0 saturated carbocycles. The number of carbonyl (C=O) groups is 1. The van der Waals surface area contributed by atoms with Crippen molar-refractivity contribution in [3.8, 4) is 17.2 Å². The van der Waals surface area contributed by atoms with E-state index in [-0.39, 0.29) is 11.2 Å². The molecule has 1 unspecified atom stereocenters. The average molecular weight is 377 g/mol. The molecule has 5 heteroatoms. The van der Waals surface area contributed by atoms with Gasteiger partial charge in [-0.1, -0.05) is 30.3 Å². The van der Waals surface area contributed by atoms with Crippen LogP contribution in [0.2, 0.25) is 0 Å². The minimum Gasteiger partial charge on any atom is -0.493 e. The maximum absolute atomic E-state index is 12.6. The third-order valence-electron chi connectivity index (χ3n) is 4.36. The van der Waals surface area contributed by atoms with E-state index in [0.717, 1.165) is 12.1 Å². The number of amides is 1. The zero-order valence-corrected chi connectivity index (χ0v) is 15.7. The Labute approximate surface area is 162 Å². The molecule has 4 nitrogen and oxygen atoms in total. The van der Waals surface area contributed by atoms with Gasteiger partial charge >= 0.3 is 0 Å². The average Bonchev–Trinajstić information content (AvgIpc) is 3.14. The van der Waals surface area contributed by atoms with Crippen LogP contribution in [0.3, 0.4) is 0 Å². The molecule has 1 aliphatic rings. The summed E-state index contributed by atoms with van der Waals surface area (Å²) in [6, 6.07) is 23.0.